The normalized spacial score (nSPS) is 13.0. The van der Waals surface area contributed by atoms with Crippen LogP contribution in [0.15, 0.2) is 18.3 Å². The first-order valence-corrected chi connectivity index (χ1v) is 3.52. The predicted octanol–water partition coefficient (Wildman–Crippen LogP) is 0.761. The number of rotatable bonds is 2. The Morgan fingerprint density at radius 1 is 1.55 bits per heavy atom. The van der Waals surface area contributed by atoms with Crippen LogP contribution in [0.1, 0.15) is 11.8 Å². The first kappa shape index (κ1) is 8.46. The van der Waals surface area contributed by atoms with E-state index in [4.69, 9.17) is 21.8 Å². The largest absolute Gasteiger partial charge is 0.393 e. The van der Waals surface area contributed by atoms with Gasteiger partial charge in [0.05, 0.1) is 17.3 Å². The Bertz CT molecular complexity index is 224. The van der Waals surface area contributed by atoms with Crippen LogP contribution >= 0.6 is 11.6 Å². The van der Waals surface area contributed by atoms with Gasteiger partial charge in [-0.15, -0.1) is 0 Å². The van der Waals surface area contributed by atoms with E-state index in [0.717, 1.165) is 0 Å². The average molecular weight is 174 g/mol. The molecule has 3 nitrogen and oxygen atoms in total. The van der Waals surface area contributed by atoms with Gasteiger partial charge in [-0.2, -0.15) is 0 Å². The Hall–Kier alpha value is -0.640. The maximum absolute atomic E-state index is 9.06. The van der Waals surface area contributed by atoms with Crippen molar-refractivity contribution in [3.8, 4) is 0 Å². The molecule has 1 aromatic heterocycles. The number of halogens is 1. The van der Waals surface area contributed by atoms with Gasteiger partial charge in [0.15, 0.2) is 0 Å². The number of aliphatic hydroxyl groups excluding tert-OH is 2. The van der Waals surface area contributed by atoms with Crippen molar-refractivity contribution >= 4 is 11.6 Å². The van der Waals surface area contributed by atoms with Crippen LogP contribution in [0.25, 0.3) is 0 Å². The number of hydrogen-bond donors (Lipinski definition) is 2. The van der Waals surface area contributed by atoms with E-state index in [9.17, 15) is 0 Å². The van der Waals surface area contributed by atoms with Gasteiger partial charge in [-0.05, 0) is 12.1 Å². The van der Waals surface area contributed by atoms with Crippen molar-refractivity contribution in [2.45, 2.75) is 6.10 Å². The lowest BCUT2D eigenvalue weighted by Crippen LogP contribution is -2.03. The highest BCUT2D eigenvalue weighted by molar-refractivity contribution is 6.30. The molecule has 0 aliphatic carbocycles. The summed E-state index contributed by atoms with van der Waals surface area (Å²) in [4.78, 5) is 3.81. The van der Waals surface area contributed by atoms with Crippen molar-refractivity contribution in [2.24, 2.45) is 0 Å². The van der Waals surface area contributed by atoms with E-state index in [0.29, 0.717) is 10.7 Å². The molecule has 0 radical (unpaired) electrons. The summed E-state index contributed by atoms with van der Waals surface area (Å²) in [5, 5.41) is 18.1. The van der Waals surface area contributed by atoms with Gasteiger partial charge < -0.3 is 10.2 Å². The van der Waals surface area contributed by atoms with E-state index in [1.165, 1.54) is 6.20 Å². The second-order valence-electron chi connectivity index (χ2n) is 2.10. The smallest absolute Gasteiger partial charge is 0.119 e. The summed E-state index contributed by atoms with van der Waals surface area (Å²) >= 11 is 5.55. The molecular weight excluding hydrogens is 166 g/mol. The third kappa shape index (κ3) is 2.15. The third-order valence-corrected chi connectivity index (χ3v) is 1.49. The van der Waals surface area contributed by atoms with Crippen LogP contribution in [0.5, 0.6) is 0 Å². The fourth-order valence-corrected chi connectivity index (χ4v) is 0.790. The monoisotopic (exact) mass is 173 g/mol. The second kappa shape index (κ2) is 3.67. The highest BCUT2D eigenvalue weighted by Gasteiger charge is 2.05. The lowest BCUT2D eigenvalue weighted by atomic mass is 10.2. The molecule has 0 aliphatic rings. The summed E-state index contributed by atoms with van der Waals surface area (Å²) in [5.41, 5.74) is 0.428. The van der Waals surface area contributed by atoms with Crippen LogP contribution in [0.2, 0.25) is 5.02 Å². The molecule has 0 fully saturated rings. The van der Waals surface area contributed by atoms with Crippen molar-refractivity contribution in [3.63, 3.8) is 0 Å². The van der Waals surface area contributed by atoms with Crippen molar-refractivity contribution < 1.29 is 10.2 Å². The minimum Gasteiger partial charge on any atom is -0.393 e. The number of nitrogens with zero attached hydrogens (tertiary/aromatic N) is 1. The number of aliphatic hydroxyl groups is 2. The molecule has 1 aromatic rings. The molecule has 4 heteroatoms. The van der Waals surface area contributed by atoms with Crippen molar-refractivity contribution in [1.29, 1.82) is 0 Å². The van der Waals surface area contributed by atoms with E-state index in [1.54, 1.807) is 12.1 Å². The minimum atomic E-state index is -0.910. The lowest BCUT2D eigenvalue weighted by Gasteiger charge is -2.04. The van der Waals surface area contributed by atoms with Gasteiger partial charge in [0.2, 0.25) is 0 Å². The quantitative estimate of drug-likeness (QED) is 0.695. The van der Waals surface area contributed by atoms with Gasteiger partial charge in [-0.1, -0.05) is 11.6 Å². The van der Waals surface area contributed by atoms with E-state index in [-0.39, 0.29) is 6.61 Å². The third-order valence-electron chi connectivity index (χ3n) is 1.26. The number of hydrogen-bond acceptors (Lipinski definition) is 3. The molecule has 0 unspecified atom stereocenters. The van der Waals surface area contributed by atoms with Crippen LogP contribution in [0, 0.1) is 0 Å². The Kier molecular flexibility index (Phi) is 2.82. The molecule has 0 aliphatic heterocycles. The van der Waals surface area contributed by atoms with Crippen molar-refractivity contribution in [2.75, 3.05) is 6.61 Å². The SMILES string of the molecule is OC[C@H](O)c1ccc(Cl)cn1. The predicted molar refractivity (Wildman–Crippen MR) is 41.3 cm³/mol. The molecule has 11 heavy (non-hydrogen) atoms. The zero-order valence-corrected chi connectivity index (χ0v) is 6.49. The Morgan fingerprint density at radius 2 is 2.27 bits per heavy atom. The van der Waals surface area contributed by atoms with Crippen LogP contribution in [-0.4, -0.2) is 21.8 Å². The molecule has 0 saturated carbocycles. The van der Waals surface area contributed by atoms with Gasteiger partial charge in [-0.3, -0.25) is 4.98 Å². The van der Waals surface area contributed by atoms with Gasteiger partial charge in [-0.25, -0.2) is 0 Å². The summed E-state index contributed by atoms with van der Waals surface area (Å²) in [6.45, 7) is -0.325. The molecule has 2 N–H and O–H groups in total. The van der Waals surface area contributed by atoms with Crippen LogP contribution in [-0.2, 0) is 0 Å². The standard InChI is InChI=1S/C7H8ClNO2/c8-5-1-2-6(9-3-5)7(11)4-10/h1-3,7,10-11H,4H2/t7-/m0/s1. The molecule has 60 valence electrons. The van der Waals surface area contributed by atoms with Crippen molar-refractivity contribution in [1.82, 2.24) is 4.98 Å². The molecule has 0 amide bonds. The second-order valence-corrected chi connectivity index (χ2v) is 2.54. The highest BCUT2D eigenvalue weighted by atomic mass is 35.5. The Morgan fingerprint density at radius 3 is 2.73 bits per heavy atom. The van der Waals surface area contributed by atoms with E-state index in [2.05, 4.69) is 4.98 Å². The van der Waals surface area contributed by atoms with Gasteiger partial charge >= 0.3 is 0 Å². The Labute approximate surface area is 69.3 Å². The van der Waals surface area contributed by atoms with Gasteiger partial charge in [0, 0.05) is 6.20 Å². The zero-order chi connectivity index (χ0) is 8.27. The average Bonchev–Trinajstić information content (AvgIpc) is 2.05. The number of pyridine rings is 1. The highest BCUT2D eigenvalue weighted by Crippen LogP contribution is 2.11. The maximum atomic E-state index is 9.06. The molecule has 1 atom stereocenters. The van der Waals surface area contributed by atoms with Crippen LogP contribution in [0.3, 0.4) is 0 Å². The molecule has 0 bridgehead atoms. The van der Waals surface area contributed by atoms with E-state index >= 15 is 0 Å². The van der Waals surface area contributed by atoms with Crippen LogP contribution in [0.4, 0.5) is 0 Å². The summed E-state index contributed by atoms with van der Waals surface area (Å²) < 4.78 is 0. The number of aromatic nitrogens is 1. The van der Waals surface area contributed by atoms with E-state index in [1.807, 2.05) is 0 Å². The first-order valence-electron chi connectivity index (χ1n) is 3.14. The molecule has 1 heterocycles. The summed E-state index contributed by atoms with van der Waals surface area (Å²) in [7, 11) is 0. The summed E-state index contributed by atoms with van der Waals surface area (Å²) in [6.07, 6.45) is 0.516. The topological polar surface area (TPSA) is 53.4 Å². The molecule has 0 saturated heterocycles. The zero-order valence-electron chi connectivity index (χ0n) is 5.74. The Balaban J connectivity index is 2.81. The van der Waals surface area contributed by atoms with Crippen LogP contribution < -0.4 is 0 Å². The summed E-state index contributed by atoms with van der Waals surface area (Å²) in [5.74, 6) is 0. The van der Waals surface area contributed by atoms with E-state index < -0.39 is 6.10 Å². The van der Waals surface area contributed by atoms with Gasteiger partial charge in [0.25, 0.3) is 0 Å². The van der Waals surface area contributed by atoms with Crippen molar-refractivity contribution in [3.05, 3.63) is 29.0 Å². The minimum absolute atomic E-state index is 0.325. The fraction of sp³-hybridized carbons (Fsp3) is 0.286. The first-order chi connectivity index (χ1) is 5.24. The molecule has 0 spiro atoms. The summed E-state index contributed by atoms with van der Waals surface area (Å²) in [6, 6.07) is 3.19. The maximum Gasteiger partial charge on any atom is 0.119 e. The lowest BCUT2D eigenvalue weighted by molar-refractivity contribution is 0.0923. The fourth-order valence-electron chi connectivity index (χ4n) is 0.678. The molecule has 1 rings (SSSR count). The van der Waals surface area contributed by atoms with Gasteiger partial charge in [0.1, 0.15) is 6.10 Å². The molecule has 0 aromatic carbocycles. The molecular formula is C7H8ClNO2.